The van der Waals surface area contributed by atoms with Gasteiger partial charge in [0.05, 0.1) is 6.54 Å². The second kappa shape index (κ2) is 8.54. The maximum Gasteiger partial charge on any atom is 0.326 e. The Hall–Kier alpha value is -2.61. The molecule has 0 aliphatic heterocycles. The van der Waals surface area contributed by atoms with Crippen LogP contribution in [0.15, 0.2) is 30.3 Å². The van der Waals surface area contributed by atoms with Crippen molar-refractivity contribution in [2.75, 3.05) is 18.5 Å². The van der Waals surface area contributed by atoms with Crippen molar-refractivity contribution in [2.24, 2.45) is 0 Å². The number of benzene rings is 1. The summed E-state index contributed by atoms with van der Waals surface area (Å²) in [5, 5.41) is 24.5. The zero-order chi connectivity index (χ0) is 15.7. The van der Waals surface area contributed by atoms with E-state index in [9.17, 15) is 14.4 Å². The van der Waals surface area contributed by atoms with Crippen LogP contribution >= 0.6 is 0 Å². The lowest BCUT2D eigenvalue weighted by atomic mass is 10.2. The van der Waals surface area contributed by atoms with Gasteiger partial charge in [-0.3, -0.25) is 4.79 Å². The topological polar surface area (TPSA) is 128 Å². The van der Waals surface area contributed by atoms with Crippen molar-refractivity contribution in [1.82, 2.24) is 10.6 Å². The number of aliphatic hydroxyl groups excluding tert-OH is 1. The lowest BCUT2D eigenvalue weighted by Gasteiger charge is -2.13. The molecule has 0 bridgehead atoms. The van der Waals surface area contributed by atoms with Crippen LogP contribution in [0.5, 0.6) is 0 Å². The third-order valence-corrected chi connectivity index (χ3v) is 2.49. The standard InChI is InChI=1S/C13H17N3O5/c17-7-6-10(12(19)20)16-11(18)8-14-13(21)15-9-4-2-1-3-5-9/h1-5,10,17H,6-8H2,(H,16,18)(H,19,20)(H2,14,15,21). The van der Waals surface area contributed by atoms with Gasteiger partial charge >= 0.3 is 12.0 Å². The highest BCUT2D eigenvalue weighted by molar-refractivity contribution is 5.93. The lowest BCUT2D eigenvalue weighted by Crippen LogP contribution is -2.46. The van der Waals surface area contributed by atoms with Gasteiger partial charge in [0.25, 0.3) is 0 Å². The predicted molar refractivity (Wildman–Crippen MR) is 74.7 cm³/mol. The molecule has 1 aromatic rings. The molecule has 3 amide bonds. The molecule has 1 unspecified atom stereocenters. The average Bonchev–Trinajstić information content (AvgIpc) is 2.45. The SMILES string of the molecule is O=C(CNC(=O)Nc1ccccc1)NC(CCO)C(=O)O. The molecule has 8 heteroatoms. The van der Waals surface area contributed by atoms with Crippen LogP contribution in [0.3, 0.4) is 0 Å². The summed E-state index contributed by atoms with van der Waals surface area (Å²) in [7, 11) is 0. The fourth-order valence-electron chi connectivity index (χ4n) is 1.49. The number of hydrogen-bond acceptors (Lipinski definition) is 4. The van der Waals surface area contributed by atoms with E-state index in [-0.39, 0.29) is 19.6 Å². The lowest BCUT2D eigenvalue weighted by molar-refractivity contribution is -0.142. The van der Waals surface area contributed by atoms with Crippen molar-refractivity contribution < 1.29 is 24.6 Å². The first-order chi connectivity index (χ1) is 10.0. The molecule has 0 radical (unpaired) electrons. The number of hydrogen-bond donors (Lipinski definition) is 5. The number of amides is 3. The number of rotatable bonds is 7. The number of aliphatic carboxylic acids is 1. The molecule has 1 aromatic carbocycles. The molecule has 8 nitrogen and oxygen atoms in total. The third kappa shape index (κ3) is 6.39. The number of para-hydroxylation sites is 1. The van der Waals surface area contributed by atoms with Gasteiger partial charge in [0.2, 0.25) is 5.91 Å². The number of urea groups is 1. The maximum atomic E-state index is 11.5. The third-order valence-electron chi connectivity index (χ3n) is 2.49. The van der Waals surface area contributed by atoms with Gasteiger partial charge in [0.15, 0.2) is 0 Å². The molecule has 0 aliphatic rings. The average molecular weight is 295 g/mol. The highest BCUT2D eigenvalue weighted by Crippen LogP contribution is 2.03. The Morgan fingerprint density at radius 1 is 1.14 bits per heavy atom. The van der Waals surface area contributed by atoms with E-state index in [4.69, 9.17) is 10.2 Å². The van der Waals surface area contributed by atoms with Crippen molar-refractivity contribution >= 4 is 23.6 Å². The monoisotopic (exact) mass is 295 g/mol. The Kier molecular flexibility index (Phi) is 6.69. The fourth-order valence-corrected chi connectivity index (χ4v) is 1.49. The second-order valence-electron chi connectivity index (χ2n) is 4.14. The summed E-state index contributed by atoms with van der Waals surface area (Å²) in [6.45, 7) is -0.729. The second-order valence-corrected chi connectivity index (χ2v) is 4.14. The highest BCUT2D eigenvalue weighted by atomic mass is 16.4. The zero-order valence-electron chi connectivity index (χ0n) is 11.2. The molecule has 0 spiro atoms. The summed E-state index contributed by atoms with van der Waals surface area (Å²) in [6.07, 6.45) is -0.0999. The van der Waals surface area contributed by atoms with Crippen LogP contribution in [0, 0.1) is 0 Å². The summed E-state index contributed by atoms with van der Waals surface area (Å²) in [5.41, 5.74) is 0.569. The van der Waals surface area contributed by atoms with Crippen LogP contribution in [0.25, 0.3) is 0 Å². The minimum atomic E-state index is -1.24. The van der Waals surface area contributed by atoms with Crippen LogP contribution in [-0.4, -0.2) is 47.3 Å². The van der Waals surface area contributed by atoms with Crippen molar-refractivity contribution in [3.05, 3.63) is 30.3 Å². The molecule has 0 heterocycles. The van der Waals surface area contributed by atoms with E-state index in [0.717, 1.165) is 0 Å². The van der Waals surface area contributed by atoms with Gasteiger partial charge in [0.1, 0.15) is 6.04 Å². The molecule has 1 atom stereocenters. The van der Waals surface area contributed by atoms with E-state index in [0.29, 0.717) is 5.69 Å². The van der Waals surface area contributed by atoms with Gasteiger partial charge < -0.3 is 26.2 Å². The molecule has 0 aliphatic carbocycles. The molecular formula is C13H17N3O5. The Morgan fingerprint density at radius 3 is 2.38 bits per heavy atom. The van der Waals surface area contributed by atoms with E-state index < -0.39 is 23.9 Å². The molecular weight excluding hydrogens is 278 g/mol. The van der Waals surface area contributed by atoms with Gasteiger partial charge in [-0.2, -0.15) is 0 Å². The molecule has 0 aromatic heterocycles. The Balaban J connectivity index is 2.35. The number of nitrogens with one attached hydrogen (secondary N) is 3. The van der Waals surface area contributed by atoms with E-state index >= 15 is 0 Å². The van der Waals surface area contributed by atoms with Crippen molar-refractivity contribution in [3.8, 4) is 0 Å². The number of aliphatic hydroxyl groups is 1. The number of carboxylic acids is 1. The summed E-state index contributed by atoms with van der Waals surface area (Å²) in [4.78, 5) is 33.8. The highest BCUT2D eigenvalue weighted by Gasteiger charge is 2.19. The maximum absolute atomic E-state index is 11.5. The van der Waals surface area contributed by atoms with Crippen molar-refractivity contribution in [2.45, 2.75) is 12.5 Å². The first kappa shape index (κ1) is 16.4. The molecule has 1 rings (SSSR count). The minimum Gasteiger partial charge on any atom is -0.480 e. The Bertz CT molecular complexity index is 492. The van der Waals surface area contributed by atoms with Crippen LogP contribution in [0.4, 0.5) is 10.5 Å². The van der Waals surface area contributed by atoms with Crippen molar-refractivity contribution in [3.63, 3.8) is 0 Å². The van der Waals surface area contributed by atoms with Gasteiger partial charge in [-0.15, -0.1) is 0 Å². The summed E-state index contributed by atoms with van der Waals surface area (Å²) in [6, 6.07) is 6.89. The quantitative estimate of drug-likeness (QED) is 0.474. The summed E-state index contributed by atoms with van der Waals surface area (Å²) >= 11 is 0. The first-order valence-electron chi connectivity index (χ1n) is 6.26. The molecule has 21 heavy (non-hydrogen) atoms. The van der Waals surface area contributed by atoms with Crippen LogP contribution in [0.2, 0.25) is 0 Å². The normalized spacial score (nSPS) is 11.3. The predicted octanol–water partition coefficient (Wildman–Crippen LogP) is -0.240. The molecule has 0 fully saturated rings. The molecule has 0 saturated heterocycles. The molecule has 114 valence electrons. The number of carbonyl (C=O) groups excluding carboxylic acids is 2. The van der Waals surface area contributed by atoms with Gasteiger partial charge in [-0.05, 0) is 12.1 Å². The van der Waals surface area contributed by atoms with Crippen LogP contribution in [0.1, 0.15) is 6.42 Å². The van der Waals surface area contributed by atoms with Crippen LogP contribution < -0.4 is 16.0 Å². The zero-order valence-corrected chi connectivity index (χ0v) is 11.2. The number of carboxylic acid groups (broad SMARTS) is 1. The largest absolute Gasteiger partial charge is 0.480 e. The summed E-state index contributed by atoms with van der Waals surface area (Å²) in [5.74, 6) is -1.90. The van der Waals surface area contributed by atoms with E-state index in [1.807, 2.05) is 0 Å². The van der Waals surface area contributed by atoms with Gasteiger partial charge in [0, 0.05) is 18.7 Å². The molecule has 5 N–H and O–H groups in total. The first-order valence-corrected chi connectivity index (χ1v) is 6.26. The number of carbonyl (C=O) groups is 3. The van der Waals surface area contributed by atoms with Crippen molar-refractivity contribution in [1.29, 1.82) is 0 Å². The van der Waals surface area contributed by atoms with Gasteiger partial charge in [-0.1, -0.05) is 18.2 Å². The number of anilines is 1. The minimum absolute atomic E-state index is 0.0999. The fraction of sp³-hybridized carbons (Fsp3) is 0.308. The molecule has 0 saturated carbocycles. The van der Waals surface area contributed by atoms with Gasteiger partial charge in [-0.25, -0.2) is 9.59 Å². The summed E-state index contributed by atoms with van der Waals surface area (Å²) < 4.78 is 0. The smallest absolute Gasteiger partial charge is 0.326 e. The van der Waals surface area contributed by atoms with Crippen LogP contribution in [-0.2, 0) is 9.59 Å². The Morgan fingerprint density at radius 2 is 1.81 bits per heavy atom. The Labute approximate surface area is 121 Å². The van der Waals surface area contributed by atoms with E-state index in [1.165, 1.54) is 0 Å². The van der Waals surface area contributed by atoms with E-state index in [1.54, 1.807) is 30.3 Å². The van der Waals surface area contributed by atoms with E-state index in [2.05, 4.69) is 16.0 Å².